The first-order valence-electron chi connectivity index (χ1n) is 12.1. The van der Waals surface area contributed by atoms with Crippen molar-refractivity contribution in [1.29, 1.82) is 0 Å². The van der Waals surface area contributed by atoms with Crippen LogP contribution in [0.1, 0.15) is 40.7 Å². The smallest absolute Gasteiger partial charge is 0.240 e. The van der Waals surface area contributed by atoms with E-state index in [1.54, 1.807) is 0 Å². The number of nitrogens with one attached hydrogen (secondary N) is 2. The van der Waals surface area contributed by atoms with Crippen molar-refractivity contribution in [3.63, 3.8) is 0 Å². The third-order valence-corrected chi connectivity index (χ3v) is 6.34. The molecule has 5 heteroatoms. The quantitative estimate of drug-likeness (QED) is 0.459. The van der Waals surface area contributed by atoms with Crippen LogP contribution in [0.15, 0.2) is 78.9 Å². The van der Waals surface area contributed by atoms with Crippen LogP contribution in [0, 0.1) is 13.8 Å². The molecular weight excluding hydrogens is 422 g/mol. The van der Waals surface area contributed by atoms with Crippen molar-refractivity contribution >= 4 is 5.91 Å². The topological polar surface area (TPSA) is 53.6 Å². The Morgan fingerprint density at radius 2 is 1.44 bits per heavy atom. The monoisotopic (exact) mass is 457 g/mol. The van der Waals surface area contributed by atoms with Crippen molar-refractivity contribution in [2.24, 2.45) is 0 Å². The molecule has 2 atom stereocenters. The Morgan fingerprint density at radius 1 is 0.853 bits per heavy atom. The molecule has 0 unspecified atom stereocenters. The third kappa shape index (κ3) is 7.00. The number of rotatable bonds is 9. The number of aryl methyl sites for hydroxylation is 2. The molecule has 0 aliphatic carbocycles. The molecule has 3 aromatic carbocycles. The summed E-state index contributed by atoms with van der Waals surface area (Å²) in [5, 5.41) is 3.45. The van der Waals surface area contributed by atoms with Crippen molar-refractivity contribution < 1.29 is 9.63 Å². The summed E-state index contributed by atoms with van der Waals surface area (Å²) in [6.45, 7) is 6.60. The normalized spacial score (nSPS) is 17.9. The van der Waals surface area contributed by atoms with Gasteiger partial charge in [-0.15, -0.1) is 0 Å². The number of amides is 1. The van der Waals surface area contributed by atoms with E-state index in [1.165, 1.54) is 11.1 Å². The Balaban J connectivity index is 1.33. The summed E-state index contributed by atoms with van der Waals surface area (Å²) in [4.78, 5) is 21.2. The van der Waals surface area contributed by atoms with Gasteiger partial charge in [0.25, 0.3) is 0 Å². The molecule has 1 aliphatic heterocycles. The zero-order chi connectivity index (χ0) is 23.8. The van der Waals surface area contributed by atoms with Crippen LogP contribution >= 0.6 is 0 Å². The predicted octanol–water partition coefficient (Wildman–Crippen LogP) is 4.67. The molecule has 5 nitrogen and oxygen atoms in total. The van der Waals surface area contributed by atoms with E-state index < -0.39 is 0 Å². The van der Waals surface area contributed by atoms with Gasteiger partial charge in [-0.3, -0.25) is 9.63 Å². The molecule has 4 rings (SSSR count). The van der Waals surface area contributed by atoms with E-state index in [9.17, 15) is 4.79 Å². The molecule has 0 saturated carbocycles. The number of benzene rings is 3. The minimum atomic E-state index is -0.178. The number of hydrogen-bond donors (Lipinski definition) is 2. The molecule has 1 fully saturated rings. The van der Waals surface area contributed by atoms with Gasteiger partial charge in [-0.05, 0) is 43.4 Å². The first-order chi connectivity index (χ1) is 16.6. The van der Waals surface area contributed by atoms with Crippen LogP contribution in [0.3, 0.4) is 0 Å². The van der Waals surface area contributed by atoms with E-state index in [0.717, 1.165) is 29.5 Å². The van der Waals surface area contributed by atoms with Gasteiger partial charge in [-0.25, -0.2) is 0 Å². The summed E-state index contributed by atoms with van der Waals surface area (Å²) in [6.07, 6.45) is 1.67. The van der Waals surface area contributed by atoms with Crippen molar-refractivity contribution in [2.75, 3.05) is 6.54 Å². The van der Waals surface area contributed by atoms with E-state index in [2.05, 4.69) is 73.2 Å². The maximum absolute atomic E-state index is 13.6. The lowest BCUT2D eigenvalue weighted by Crippen LogP contribution is -2.54. The SMILES string of the molecule is Cc1ccc(CN(Cc2ccc(C)cc2)C(=O)[C@@H]2CC[C@@H](NOCc3ccccc3)CN2)cc1. The number of nitrogens with zero attached hydrogens (tertiary/aromatic N) is 1. The largest absolute Gasteiger partial charge is 0.333 e. The number of hydrogen-bond acceptors (Lipinski definition) is 4. The second-order valence-electron chi connectivity index (χ2n) is 9.29. The first kappa shape index (κ1) is 24.1. The standard InChI is InChI=1S/C29H35N3O2/c1-22-8-12-24(13-9-22)19-32(20-25-14-10-23(2)11-15-25)29(33)28-17-16-27(18-30-28)31-34-21-26-6-4-3-5-7-26/h3-15,27-28,30-31H,16-21H2,1-2H3/t27-,28+/m1/s1. The summed E-state index contributed by atoms with van der Waals surface area (Å²) in [6, 6.07) is 27.0. The van der Waals surface area contributed by atoms with E-state index in [0.29, 0.717) is 26.2 Å². The highest BCUT2D eigenvalue weighted by Gasteiger charge is 2.29. The minimum absolute atomic E-state index is 0.157. The number of carbonyl (C=O) groups is 1. The van der Waals surface area contributed by atoms with Crippen LogP contribution in [0.4, 0.5) is 0 Å². The van der Waals surface area contributed by atoms with Gasteiger partial charge in [-0.1, -0.05) is 90.0 Å². The third-order valence-electron chi connectivity index (χ3n) is 6.34. The Labute approximate surface area is 203 Å². The molecule has 34 heavy (non-hydrogen) atoms. The molecule has 0 aromatic heterocycles. The molecule has 0 radical (unpaired) electrons. The van der Waals surface area contributed by atoms with Gasteiger partial charge in [0.15, 0.2) is 0 Å². The molecule has 1 aliphatic rings. The molecule has 178 valence electrons. The Hall–Kier alpha value is -2.99. The van der Waals surface area contributed by atoms with E-state index in [1.807, 2.05) is 35.2 Å². The van der Waals surface area contributed by atoms with Crippen molar-refractivity contribution in [1.82, 2.24) is 15.7 Å². The molecular formula is C29H35N3O2. The minimum Gasteiger partial charge on any atom is -0.333 e. The molecule has 0 bridgehead atoms. The highest BCUT2D eigenvalue weighted by molar-refractivity contribution is 5.82. The summed E-state index contributed by atoms with van der Waals surface area (Å²) in [5.74, 6) is 0.157. The molecule has 1 saturated heterocycles. The molecule has 1 amide bonds. The van der Waals surface area contributed by atoms with Crippen molar-refractivity contribution in [3.05, 3.63) is 107 Å². The number of hydroxylamine groups is 1. The molecule has 2 N–H and O–H groups in total. The number of piperidine rings is 1. The zero-order valence-electron chi connectivity index (χ0n) is 20.2. The second-order valence-corrected chi connectivity index (χ2v) is 9.29. The summed E-state index contributed by atoms with van der Waals surface area (Å²) >= 11 is 0. The molecule has 1 heterocycles. The van der Waals surface area contributed by atoms with Crippen LogP contribution in [0.5, 0.6) is 0 Å². The molecule has 3 aromatic rings. The maximum Gasteiger partial charge on any atom is 0.240 e. The lowest BCUT2D eigenvalue weighted by atomic mass is 9.99. The summed E-state index contributed by atoms with van der Waals surface area (Å²) in [7, 11) is 0. The van der Waals surface area contributed by atoms with Crippen LogP contribution in [0.2, 0.25) is 0 Å². The van der Waals surface area contributed by atoms with Gasteiger partial charge in [0.2, 0.25) is 5.91 Å². The van der Waals surface area contributed by atoms with Crippen LogP contribution < -0.4 is 10.8 Å². The van der Waals surface area contributed by atoms with E-state index >= 15 is 0 Å². The van der Waals surface area contributed by atoms with Crippen LogP contribution in [-0.2, 0) is 29.3 Å². The average Bonchev–Trinajstić information content (AvgIpc) is 2.87. The first-order valence-corrected chi connectivity index (χ1v) is 12.1. The fourth-order valence-electron chi connectivity index (χ4n) is 4.24. The summed E-state index contributed by atoms with van der Waals surface area (Å²) in [5.41, 5.74) is 9.04. The van der Waals surface area contributed by atoms with Gasteiger partial charge < -0.3 is 10.2 Å². The van der Waals surface area contributed by atoms with Gasteiger partial charge in [0, 0.05) is 25.7 Å². The second kappa shape index (κ2) is 11.9. The van der Waals surface area contributed by atoms with Crippen LogP contribution in [-0.4, -0.2) is 29.4 Å². The molecule has 0 spiro atoms. The van der Waals surface area contributed by atoms with Crippen LogP contribution in [0.25, 0.3) is 0 Å². The summed E-state index contributed by atoms with van der Waals surface area (Å²) < 4.78 is 0. The van der Waals surface area contributed by atoms with Crippen molar-refractivity contribution in [2.45, 2.75) is 58.5 Å². The van der Waals surface area contributed by atoms with E-state index in [4.69, 9.17) is 4.84 Å². The Kier molecular flexibility index (Phi) is 8.47. The lowest BCUT2D eigenvalue weighted by molar-refractivity contribution is -0.135. The lowest BCUT2D eigenvalue weighted by Gasteiger charge is -2.33. The fraction of sp³-hybridized carbons (Fsp3) is 0.345. The van der Waals surface area contributed by atoms with Gasteiger partial charge >= 0.3 is 0 Å². The zero-order valence-corrected chi connectivity index (χ0v) is 20.2. The van der Waals surface area contributed by atoms with Gasteiger partial charge in [0.1, 0.15) is 0 Å². The van der Waals surface area contributed by atoms with E-state index in [-0.39, 0.29) is 18.0 Å². The van der Waals surface area contributed by atoms with Gasteiger partial charge in [0.05, 0.1) is 12.6 Å². The fourth-order valence-corrected chi connectivity index (χ4v) is 4.24. The number of carbonyl (C=O) groups excluding carboxylic acids is 1. The Morgan fingerprint density at radius 3 is 1.97 bits per heavy atom. The van der Waals surface area contributed by atoms with Crippen molar-refractivity contribution in [3.8, 4) is 0 Å². The Bertz CT molecular complexity index is 980. The maximum atomic E-state index is 13.6. The predicted molar refractivity (Wildman–Crippen MR) is 136 cm³/mol. The van der Waals surface area contributed by atoms with Gasteiger partial charge in [-0.2, -0.15) is 5.48 Å². The highest BCUT2D eigenvalue weighted by atomic mass is 16.6. The highest BCUT2D eigenvalue weighted by Crippen LogP contribution is 2.17. The average molecular weight is 458 g/mol.